The van der Waals surface area contributed by atoms with E-state index in [4.69, 9.17) is 5.11 Å². The fourth-order valence-corrected chi connectivity index (χ4v) is 1.99. The number of anilines is 1. The Morgan fingerprint density at radius 3 is 2.95 bits per heavy atom. The van der Waals surface area contributed by atoms with E-state index in [9.17, 15) is 14.0 Å². The maximum Gasteiger partial charge on any atom is 0.328 e. The van der Waals surface area contributed by atoms with Crippen molar-refractivity contribution in [1.29, 1.82) is 0 Å². The molecule has 1 heterocycles. The molecule has 1 aliphatic rings. The van der Waals surface area contributed by atoms with Gasteiger partial charge in [0.2, 0.25) is 5.91 Å². The Labute approximate surface area is 109 Å². The molecule has 2 rings (SSSR count). The first-order chi connectivity index (χ1) is 9.08. The highest BCUT2D eigenvalue weighted by atomic mass is 19.1. The second-order valence-corrected chi connectivity index (χ2v) is 4.12. The van der Waals surface area contributed by atoms with Crippen LogP contribution in [0.1, 0.15) is 5.56 Å². The molecule has 2 N–H and O–H groups in total. The summed E-state index contributed by atoms with van der Waals surface area (Å²) in [5.74, 6) is -1.75. The first-order valence-corrected chi connectivity index (χ1v) is 5.79. The fourth-order valence-electron chi connectivity index (χ4n) is 1.99. The highest BCUT2D eigenvalue weighted by Gasteiger charge is 2.21. The van der Waals surface area contributed by atoms with Gasteiger partial charge in [0.25, 0.3) is 0 Å². The van der Waals surface area contributed by atoms with Gasteiger partial charge < -0.3 is 15.3 Å². The Hall–Kier alpha value is -2.37. The maximum absolute atomic E-state index is 13.9. The monoisotopic (exact) mass is 264 g/mol. The molecule has 100 valence electrons. The predicted molar refractivity (Wildman–Crippen MR) is 68.3 cm³/mol. The Morgan fingerprint density at radius 2 is 2.26 bits per heavy atom. The van der Waals surface area contributed by atoms with Crippen molar-refractivity contribution in [3.05, 3.63) is 35.7 Å². The van der Waals surface area contributed by atoms with Crippen LogP contribution in [-0.2, 0) is 9.59 Å². The first-order valence-electron chi connectivity index (χ1n) is 5.79. The van der Waals surface area contributed by atoms with E-state index >= 15 is 0 Å². The minimum atomic E-state index is -1.11. The number of carboxylic acids is 1. The van der Waals surface area contributed by atoms with Gasteiger partial charge in [0.15, 0.2) is 0 Å². The molecule has 1 saturated heterocycles. The molecular formula is C13H13FN2O3. The van der Waals surface area contributed by atoms with E-state index in [-0.39, 0.29) is 18.1 Å². The number of nitrogens with one attached hydrogen (secondary N) is 1. The zero-order valence-corrected chi connectivity index (χ0v) is 10.1. The lowest BCUT2D eigenvalue weighted by Crippen LogP contribution is -2.48. The number of hydrogen-bond donors (Lipinski definition) is 2. The van der Waals surface area contributed by atoms with Crippen molar-refractivity contribution in [3.8, 4) is 0 Å². The van der Waals surface area contributed by atoms with Gasteiger partial charge >= 0.3 is 5.97 Å². The topological polar surface area (TPSA) is 69.6 Å². The minimum Gasteiger partial charge on any atom is -0.478 e. The molecule has 0 unspecified atom stereocenters. The van der Waals surface area contributed by atoms with Gasteiger partial charge in [0, 0.05) is 24.7 Å². The molecule has 1 fully saturated rings. The van der Waals surface area contributed by atoms with Crippen LogP contribution in [0, 0.1) is 5.82 Å². The minimum absolute atomic E-state index is 0.0643. The Balaban J connectivity index is 2.37. The second kappa shape index (κ2) is 5.51. The number of carbonyl (C=O) groups excluding carboxylic acids is 1. The average Bonchev–Trinajstić information content (AvgIpc) is 2.36. The number of amides is 1. The number of aliphatic carboxylic acids is 1. The van der Waals surface area contributed by atoms with Crippen LogP contribution in [0.25, 0.3) is 6.08 Å². The Kier molecular flexibility index (Phi) is 3.79. The average molecular weight is 264 g/mol. The summed E-state index contributed by atoms with van der Waals surface area (Å²) < 4.78 is 13.9. The van der Waals surface area contributed by atoms with E-state index in [0.717, 1.165) is 6.08 Å². The maximum atomic E-state index is 13.9. The van der Waals surface area contributed by atoms with Crippen LogP contribution in [0.4, 0.5) is 10.1 Å². The van der Waals surface area contributed by atoms with E-state index in [1.54, 1.807) is 11.0 Å². The van der Waals surface area contributed by atoms with Gasteiger partial charge in [-0.1, -0.05) is 12.1 Å². The summed E-state index contributed by atoms with van der Waals surface area (Å²) in [7, 11) is 0. The van der Waals surface area contributed by atoms with Crippen LogP contribution in [-0.4, -0.2) is 36.6 Å². The number of hydrogen-bond acceptors (Lipinski definition) is 3. The lowest BCUT2D eigenvalue weighted by atomic mass is 10.1. The van der Waals surface area contributed by atoms with Crippen molar-refractivity contribution in [2.75, 3.05) is 24.5 Å². The van der Waals surface area contributed by atoms with Crippen LogP contribution in [0.15, 0.2) is 24.3 Å². The van der Waals surface area contributed by atoms with Crippen LogP contribution in [0.5, 0.6) is 0 Å². The number of para-hydroxylation sites is 1. The highest BCUT2D eigenvalue weighted by Crippen LogP contribution is 2.26. The summed E-state index contributed by atoms with van der Waals surface area (Å²) in [5, 5.41) is 11.3. The summed E-state index contributed by atoms with van der Waals surface area (Å²) in [6, 6.07) is 4.41. The summed E-state index contributed by atoms with van der Waals surface area (Å²) in [4.78, 5) is 23.5. The number of carbonyl (C=O) groups is 2. The number of nitrogens with zero attached hydrogens (tertiary/aromatic N) is 1. The van der Waals surface area contributed by atoms with E-state index < -0.39 is 11.8 Å². The molecule has 0 bridgehead atoms. The van der Waals surface area contributed by atoms with Gasteiger partial charge in [0.1, 0.15) is 5.82 Å². The number of halogens is 1. The summed E-state index contributed by atoms with van der Waals surface area (Å²) in [5.41, 5.74) is 0.701. The first kappa shape index (κ1) is 13.1. The van der Waals surface area contributed by atoms with Gasteiger partial charge in [-0.15, -0.1) is 0 Å². The summed E-state index contributed by atoms with van der Waals surface area (Å²) >= 11 is 0. The van der Waals surface area contributed by atoms with Crippen LogP contribution >= 0.6 is 0 Å². The molecule has 1 aromatic rings. The largest absolute Gasteiger partial charge is 0.478 e. The van der Waals surface area contributed by atoms with Gasteiger partial charge in [-0.2, -0.15) is 0 Å². The molecule has 1 aliphatic heterocycles. The number of benzene rings is 1. The molecule has 0 radical (unpaired) electrons. The predicted octanol–water partition coefficient (Wildman–Crippen LogP) is 0.860. The molecule has 0 atom stereocenters. The summed E-state index contributed by atoms with van der Waals surface area (Å²) in [6.07, 6.45) is 2.27. The molecule has 1 aromatic carbocycles. The fraction of sp³-hybridized carbons (Fsp3) is 0.231. The normalized spacial score (nSPS) is 15.6. The van der Waals surface area contributed by atoms with Gasteiger partial charge in [-0.3, -0.25) is 4.79 Å². The molecule has 5 nitrogen and oxygen atoms in total. The molecule has 0 aliphatic carbocycles. The van der Waals surface area contributed by atoms with Crippen molar-refractivity contribution >= 4 is 23.6 Å². The van der Waals surface area contributed by atoms with Crippen LogP contribution in [0.2, 0.25) is 0 Å². The number of carboxylic acid groups (broad SMARTS) is 1. The van der Waals surface area contributed by atoms with Crippen molar-refractivity contribution in [2.24, 2.45) is 0 Å². The Morgan fingerprint density at radius 1 is 1.47 bits per heavy atom. The molecule has 0 saturated carbocycles. The van der Waals surface area contributed by atoms with Gasteiger partial charge in [0.05, 0.1) is 12.2 Å². The van der Waals surface area contributed by atoms with E-state index in [1.165, 1.54) is 18.2 Å². The van der Waals surface area contributed by atoms with Crippen LogP contribution in [0.3, 0.4) is 0 Å². The van der Waals surface area contributed by atoms with E-state index in [2.05, 4.69) is 5.32 Å². The lowest BCUT2D eigenvalue weighted by molar-refractivity contribution is -0.131. The molecular weight excluding hydrogens is 251 g/mol. The smallest absolute Gasteiger partial charge is 0.328 e. The SMILES string of the molecule is O=C(O)/C=C/c1cccc(F)c1N1CCNC(=O)C1. The van der Waals surface area contributed by atoms with Crippen molar-refractivity contribution in [3.63, 3.8) is 0 Å². The number of piperazine rings is 1. The summed E-state index contributed by atoms with van der Waals surface area (Å²) in [6.45, 7) is 0.991. The van der Waals surface area contributed by atoms with E-state index in [1.807, 2.05) is 0 Å². The second-order valence-electron chi connectivity index (χ2n) is 4.12. The standard InChI is InChI=1S/C13H13FN2O3/c14-10-3-1-2-9(4-5-12(18)19)13(10)16-7-6-15-11(17)8-16/h1-5H,6-8H2,(H,15,17)(H,18,19)/b5-4+. The van der Waals surface area contributed by atoms with Crippen molar-refractivity contribution in [2.45, 2.75) is 0 Å². The molecule has 19 heavy (non-hydrogen) atoms. The third-order valence-electron chi connectivity index (χ3n) is 2.78. The molecule has 1 amide bonds. The third-order valence-corrected chi connectivity index (χ3v) is 2.78. The molecule has 0 aromatic heterocycles. The van der Waals surface area contributed by atoms with E-state index in [0.29, 0.717) is 18.7 Å². The van der Waals surface area contributed by atoms with Crippen molar-refractivity contribution < 1.29 is 19.1 Å². The van der Waals surface area contributed by atoms with Gasteiger partial charge in [-0.05, 0) is 12.1 Å². The molecule has 6 heteroatoms. The zero-order chi connectivity index (χ0) is 13.8. The zero-order valence-electron chi connectivity index (χ0n) is 10.1. The van der Waals surface area contributed by atoms with Crippen LogP contribution < -0.4 is 10.2 Å². The Bertz CT molecular complexity index is 543. The van der Waals surface area contributed by atoms with Gasteiger partial charge in [-0.25, -0.2) is 9.18 Å². The highest BCUT2D eigenvalue weighted by molar-refractivity contribution is 5.88. The number of rotatable bonds is 3. The quantitative estimate of drug-likeness (QED) is 0.794. The molecule has 0 spiro atoms. The van der Waals surface area contributed by atoms with Crippen molar-refractivity contribution in [1.82, 2.24) is 5.32 Å². The third kappa shape index (κ3) is 3.09. The lowest BCUT2D eigenvalue weighted by Gasteiger charge is -2.30.